The number of hydrogen-bond donors (Lipinski definition) is 3. The van der Waals surface area contributed by atoms with Gasteiger partial charge in [0.15, 0.2) is 11.6 Å². The van der Waals surface area contributed by atoms with Crippen molar-refractivity contribution in [2.75, 3.05) is 5.32 Å². The number of pyridine rings is 2. The summed E-state index contributed by atoms with van der Waals surface area (Å²) in [5.41, 5.74) is 6.46. The zero-order valence-electron chi connectivity index (χ0n) is 20.7. The Bertz CT molecular complexity index is 1820. The molecule has 7 nitrogen and oxygen atoms in total. The van der Waals surface area contributed by atoms with Crippen LogP contribution in [0.25, 0.3) is 55.8 Å². The quantitative estimate of drug-likeness (QED) is 0.224. The molecule has 0 aliphatic carbocycles. The molecule has 0 bridgehead atoms. The lowest BCUT2D eigenvalue weighted by atomic mass is 10.0. The molecule has 2 aromatic carbocycles. The fourth-order valence-electron chi connectivity index (χ4n) is 4.29. The maximum Gasteiger partial charge on any atom is 0.157 e. The van der Waals surface area contributed by atoms with Crippen LogP contribution >= 0.6 is 0 Å². The van der Waals surface area contributed by atoms with Gasteiger partial charge in [-0.1, -0.05) is 20.4 Å². The molecule has 0 aliphatic rings. The van der Waals surface area contributed by atoms with E-state index in [1.54, 1.807) is 36.8 Å². The number of nitrogens with one attached hydrogen (secondary N) is 3. The van der Waals surface area contributed by atoms with Gasteiger partial charge in [0.05, 0.1) is 23.1 Å². The van der Waals surface area contributed by atoms with Crippen LogP contribution in [0.3, 0.4) is 0 Å². The van der Waals surface area contributed by atoms with Gasteiger partial charge < -0.3 is 10.3 Å². The smallest absolute Gasteiger partial charge is 0.157 e. The zero-order chi connectivity index (χ0) is 26.4. The van der Waals surface area contributed by atoms with Crippen LogP contribution in [-0.2, 0) is 0 Å². The van der Waals surface area contributed by atoms with E-state index in [0.717, 1.165) is 28.0 Å². The Kier molecular flexibility index (Phi) is 5.68. The Balaban J connectivity index is 1.44. The SMILES string of the molecule is C=C(Nc1cncc(-c2cc(F)c3n[nH]c(-c4nc5c(-c6ccc(F)cc6)nccc5[nH]4)c3c2)c1)C(C)C. The molecular formula is C29H23F2N7. The summed E-state index contributed by atoms with van der Waals surface area (Å²) in [4.78, 5) is 16.8. The average Bonchev–Trinajstić information content (AvgIpc) is 3.53. The number of aromatic amines is 2. The first-order valence-electron chi connectivity index (χ1n) is 12.1. The predicted octanol–water partition coefficient (Wildman–Crippen LogP) is 7.09. The number of nitrogens with zero attached hydrogens (tertiary/aromatic N) is 4. The van der Waals surface area contributed by atoms with Gasteiger partial charge in [-0.15, -0.1) is 0 Å². The van der Waals surface area contributed by atoms with Crippen molar-refractivity contribution in [3.63, 3.8) is 0 Å². The first-order chi connectivity index (χ1) is 18.4. The summed E-state index contributed by atoms with van der Waals surface area (Å²) in [6.45, 7) is 8.15. The Hall–Kier alpha value is -4.92. The Labute approximate surface area is 216 Å². The van der Waals surface area contributed by atoms with Crippen molar-refractivity contribution in [1.82, 2.24) is 30.1 Å². The fourth-order valence-corrected chi connectivity index (χ4v) is 4.29. The van der Waals surface area contributed by atoms with Crippen LogP contribution in [0.15, 0.2) is 79.4 Å². The lowest BCUT2D eigenvalue weighted by molar-refractivity contribution is 0.628. The van der Waals surface area contributed by atoms with Crippen molar-refractivity contribution in [2.45, 2.75) is 13.8 Å². The Morgan fingerprint density at radius 2 is 1.76 bits per heavy atom. The molecule has 0 unspecified atom stereocenters. The number of halogens is 2. The van der Waals surface area contributed by atoms with Gasteiger partial charge in [0.1, 0.15) is 22.5 Å². The molecule has 0 amide bonds. The Morgan fingerprint density at radius 1 is 0.947 bits per heavy atom. The molecule has 6 rings (SSSR count). The highest BCUT2D eigenvalue weighted by Crippen LogP contribution is 2.34. The van der Waals surface area contributed by atoms with Gasteiger partial charge in [0.25, 0.3) is 0 Å². The summed E-state index contributed by atoms with van der Waals surface area (Å²) in [6.07, 6.45) is 5.05. The van der Waals surface area contributed by atoms with Gasteiger partial charge in [-0.3, -0.25) is 15.1 Å². The van der Waals surface area contributed by atoms with Crippen LogP contribution in [0, 0.1) is 17.6 Å². The van der Waals surface area contributed by atoms with E-state index in [4.69, 9.17) is 4.98 Å². The molecule has 0 aliphatic heterocycles. The highest BCUT2D eigenvalue weighted by molar-refractivity contribution is 5.97. The van der Waals surface area contributed by atoms with Crippen LogP contribution < -0.4 is 5.32 Å². The highest BCUT2D eigenvalue weighted by atomic mass is 19.1. The van der Waals surface area contributed by atoms with E-state index in [-0.39, 0.29) is 17.3 Å². The van der Waals surface area contributed by atoms with Crippen molar-refractivity contribution in [1.29, 1.82) is 0 Å². The van der Waals surface area contributed by atoms with Crippen molar-refractivity contribution in [2.24, 2.45) is 5.92 Å². The maximum atomic E-state index is 15.2. The molecule has 4 aromatic heterocycles. The summed E-state index contributed by atoms with van der Waals surface area (Å²) in [5, 5.41) is 11.0. The molecule has 9 heteroatoms. The number of allylic oxidation sites excluding steroid dienone is 1. The number of hydrogen-bond acceptors (Lipinski definition) is 5. The van der Waals surface area contributed by atoms with E-state index in [0.29, 0.717) is 33.7 Å². The first kappa shape index (κ1) is 23.5. The van der Waals surface area contributed by atoms with Crippen molar-refractivity contribution in [3.05, 3.63) is 91.0 Å². The third-order valence-corrected chi connectivity index (χ3v) is 6.44. The molecule has 188 valence electrons. The van der Waals surface area contributed by atoms with Gasteiger partial charge >= 0.3 is 0 Å². The second-order valence-corrected chi connectivity index (χ2v) is 9.37. The second-order valence-electron chi connectivity index (χ2n) is 9.37. The maximum absolute atomic E-state index is 15.2. The molecular weight excluding hydrogens is 484 g/mol. The van der Waals surface area contributed by atoms with E-state index in [1.807, 2.05) is 26.0 Å². The van der Waals surface area contributed by atoms with Gasteiger partial charge in [0.2, 0.25) is 0 Å². The van der Waals surface area contributed by atoms with Crippen LogP contribution in [0.4, 0.5) is 14.5 Å². The summed E-state index contributed by atoms with van der Waals surface area (Å²) in [5.74, 6) is -0.0535. The number of aromatic nitrogens is 6. The molecule has 38 heavy (non-hydrogen) atoms. The molecule has 0 spiro atoms. The first-order valence-corrected chi connectivity index (χ1v) is 12.1. The van der Waals surface area contributed by atoms with Crippen molar-refractivity contribution in [3.8, 4) is 33.9 Å². The lowest BCUT2D eigenvalue weighted by Gasteiger charge is -2.13. The molecule has 4 heterocycles. The summed E-state index contributed by atoms with van der Waals surface area (Å²) >= 11 is 0. The highest BCUT2D eigenvalue weighted by Gasteiger charge is 2.18. The third kappa shape index (κ3) is 4.17. The molecule has 6 aromatic rings. The van der Waals surface area contributed by atoms with Gasteiger partial charge in [-0.25, -0.2) is 13.8 Å². The number of rotatable bonds is 6. The van der Waals surface area contributed by atoms with E-state index >= 15 is 4.39 Å². The number of benzene rings is 2. The fraction of sp³-hybridized carbons (Fsp3) is 0.103. The van der Waals surface area contributed by atoms with Crippen molar-refractivity contribution >= 4 is 27.6 Å². The number of imidazole rings is 1. The van der Waals surface area contributed by atoms with Crippen LogP contribution in [0.2, 0.25) is 0 Å². The molecule has 0 radical (unpaired) electrons. The van der Waals surface area contributed by atoms with Crippen LogP contribution in [-0.4, -0.2) is 30.1 Å². The standard InChI is InChI=1S/C29H23F2N7/c1-15(2)16(3)34-21-10-19(13-32-14-21)18-11-22-26(23(31)12-18)37-38-27(22)29-35-24-8-9-33-25(28(24)36-29)17-4-6-20(30)7-5-17/h4-15,34H,3H2,1-2H3,(H,35,36)(H,37,38). The van der Waals surface area contributed by atoms with E-state index < -0.39 is 5.82 Å². The van der Waals surface area contributed by atoms with Crippen LogP contribution in [0.5, 0.6) is 0 Å². The minimum absolute atomic E-state index is 0.205. The molecule has 0 saturated carbocycles. The summed E-state index contributed by atoms with van der Waals surface area (Å²) in [6, 6.07) is 13.1. The number of fused-ring (bicyclic) bond motifs is 2. The Morgan fingerprint density at radius 3 is 2.55 bits per heavy atom. The summed E-state index contributed by atoms with van der Waals surface area (Å²) in [7, 11) is 0. The van der Waals surface area contributed by atoms with Gasteiger partial charge in [-0.2, -0.15) is 5.10 Å². The van der Waals surface area contributed by atoms with Gasteiger partial charge in [0, 0.05) is 34.6 Å². The number of H-pyrrole nitrogens is 2. The lowest BCUT2D eigenvalue weighted by Crippen LogP contribution is -2.04. The third-order valence-electron chi connectivity index (χ3n) is 6.44. The minimum atomic E-state index is -0.463. The second kappa shape index (κ2) is 9.19. The molecule has 0 atom stereocenters. The monoisotopic (exact) mass is 507 g/mol. The molecule has 0 fully saturated rings. The molecule has 0 saturated heterocycles. The van der Waals surface area contributed by atoms with E-state index in [1.165, 1.54) is 18.2 Å². The summed E-state index contributed by atoms with van der Waals surface area (Å²) < 4.78 is 28.7. The average molecular weight is 508 g/mol. The van der Waals surface area contributed by atoms with E-state index in [9.17, 15) is 4.39 Å². The minimum Gasteiger partial charge on any atom is -0.358 e. The number of anilines is 1. The molecule has 3 N–H and O–H groups in total. The van der Waals surface area contributed by atoms with E-state index in [2.05, 4.69) is 37.0 Å². The largest absolute Gasteiger partial charge is 0.358 e. The van der Waals surface area contributed by atoms with Crippen molar-refractivity contribution < 1.29 is 8.78 Å². The topological polar surface area (TPSA) is 95.2 Å². The zero-order valence-corrected chi connectivity index (χ0v) is 20.7. The normalized spacial score (nSPS) is 11.5. The van der Waals surface area contributed by atoms with Crippen LogP contribution in [0.1, 0.15) is 13.8 Å². The van der Waals surface area contributed by atoms with Gasteiger partial charge in [-0.05, 0) is 60.0 Å². The predicted molar refractivity (Wildman–Crippen MR) is 145 cm³/mol.